The summed E-state index contributed by atoms with van der Waals surface area (Å²) in [7, 11) is -1.67. The largest absolute Gasteiger partial charge is 0.550 e. The van der Waals surface area contributed by atoms with Gasteiger partial charge in [-0.2, -0.15) is 13.2 Å². The van der Waals surface area contributed by atoms with Crippen LogP contribution in [0.1, 0.15) is 11.1 Å². The molecule has 0 amide bonds. The fourth-order valence-electron chi connectivity index (χ4n) is 1.14. The molecule has 1 aromatic carbocycles. The number of hydrogen-bond acceptors (Lipinski definition) is 1. The van der Waals surface area contributed by atoms with Gasteiger partial charge < -0.3 is 4.43 Å². The van der Waals surface area contributed by atoms with E-state index in [1.807, 2.05) is 19.6 Å². The Morgan fingerprint density at radius 1 is 1.18 bits per heavy atom. The minimum absolute atomic E-state index is 0.484. The third-order valence-corrected chi connectivity index (χ3v) is 2.74. The molecular formula is C12H15F3OSi. The van der Waals surface area contributed by atoms with E-state index in [9.17, 15) is 13.2 Å². The van der Waals surface area contributed by atoms with Gasteiger partial charge in [0.1, 0.15) is 0 Å². The van der Waals surface area contributed by atoms with Crippen molar-refractivity contribution in [1.29, 1.82) is 0 Å². The smallest absolute Gasteiger partial charge is 0.416 e. The van der Waals surface area contributed by atoms with Gasteiger partial charge in [0.05, 0.1) is 11.8 Å². The van der Waals surface area contributed by atoms with Gasteiger partial charge in [-0.05, 0) is 43.4 Å². The Morgan fingerprint density at radius 3 is 2.35 bits per heavy atom. The van der Waals surface area contributed by atoms with Crippen molar-refractivity contribution in [3.05, 3.63) is 41.7 Å². The topological polar surface area (TPSA) is 9.23 Å². The molecule has 94 valence electrons. The van der Waals surface area contributed by atoms with Gasteiger partial charge in [-0.1, -0.05) is 12.1 Å². The molecule has 0 spiro atoms. The molecule has 5 heteroatoms. The first-order valence-corrected chi connectivity index (χ1v) is 8.61. The molecule has 0 aliphatic heterocycles. The Labute approximate surface area is 100 Å². The molecule has 0 saturated heterocycles. The van der Waals surface area contributed by atoms with Crippen LogP contribution in [0, 0.1) is 0 Å². The van der Waals surface area contributed by atoms with Crippen molar-refractivity contribution in [2.24, 2.45) is 0 Å². The molecule has 0 heterocycles. The first kappa shape index (κ1) is 13.8. The number of hydrogen-bond donors (Lipinski definition) is 0. The van der Waals surface area contributed by atoms with E-state index in [4.69, 9.17) is 4.43 Å². The van der Waals surface area contributed by atoms with Crippen LogP contribution in [0.25, 0.3) is 6.08 Å². The van der Waals surface area contributed by atoms with Crippen LogP contribution in [0.5, 0.6) is 0 Å². The molecule has 0 aliphatic carbocycles. The summed E-state index contributed by atoms with van der Waals surface area (Å²) < 4.78 is 42.7. The first-order chi connectivity index (χ1) is 7.68. The highest BCUT2D eigenvalue weighted by molar-refractivity contribution is 6.69. The molecule has 0 aromatic heterocycles. The Hall–Kier alpha value is -1.23. The SMILES string of the molecule is C[Si](C)(C)OC=Cc1cccc(C(F)(F)F)c1. The molecular weight excluding hydrogens is 245 g/mol. The van der Waals surface area contributed by atoms with Gasteiger partial charge in [0.15, 0.2) is 0 Å². The summed E-state index contributed by atoms with van der Waals surface area (Å²) in [6, 6.07) is 5.15. The Morgan fingerprint density at radius 2 is 1.82 bits per heavy atom. The van der Waals surface area contributed by atoms with E-state index < -0.39 is 20.1 Å². The third-order valence-electron chi connectivity index (χ3n) is 1.90. The summed E-state index contributed by atoms with van der Waals surface area (Å²) in [5.74, 6) is 0. The standard InChI is InChI=1S/C12H15F3OSi/c1-17(2,3)16-8-7-10-5-4-6-11(9-10)12(13,14)15/h4-9H,1-3H3. The van der Waals surface area contributed by atoms with Gasteiger partial charge in [0.2, 0.25) is 8.32 Å². The van der Waals surface area contributed by atoms with Crippen LogP contribution in [0.15, 0.2) is 30.5 Å². The van der Waals surface area contributed by atoms with Gasteiger partial charge in [-0.3, -0.25) is 0 Å². The molecule has 0 atom stereocenters. The average molecular weight is 260 g/mol. The molecule has 0 unspecified atom stereocenters. The first-order valence-electron chi connectivity index (χ1n) is 5.20. The number of benzene rings is 1. The zero-order valence-electron chi connectivity index (χ0n) is 10.0. The molecule has 0 N–H and O–H groups in total. The van der Waals surface area contributed by atoms with Crippen LogP contribution in [0.3, 0.4) is 0 Å². The van der Waals surface area contributed by atoms with Crippen molar-refractivity contribution >= 4 is 14.4 Å². The Kier molecular flexibility index (Phi) is 4.03. The maximum atomic E-state index is 12.4. The van der Waals surface area contributed by atoms with Crippen LogP contribution in [0.2, 0.25) is 19.6 Å². The zero-order chi connectivity index (χ0) is 13.1. The van der Waals surface area contributed by atoms with Crippen LogP contribution in [-0.4, -0.2) is 8.32 Å². The van der Waals surface area contributed by atoms with Gasteiger partial charge in [0, 0.05) is 0 Å². The van der Waals surface area contributed by atoms with Gasteiger partial charge in [0.25, 0.3) is 0 Å². The van der Waals surface area contributed by atoms with Crippen LogP contribution >= 0.6 is 0 Å². The highest BCUT2D eigenvalue weighted by Gasteiger charge is 2.30. The lowest BCUT2D eigenvalue weighted by atomic mass is 10.1. The van der Waals surface area contributed by atoms with E-state index in [2.05, 4.69) is 0 Å². The number of halogens is 3. The number of alkyl halides is 3. The summed E-state index contributed by atoms with van der Waals surface area (Å²) >= 11 is 0. The van der Waals surface area contributed by atoms with Crippen LogP contribution < -0.4 is 0 Å². The van der Waals surface area contributed by atoms with Crippen molar-refractivity contribution in [2.75, 3.05) is 0 Å². The molecule has 1 aromatic rings. The predicted octanol–water partition coefficient (Wildman–Crippen LogP) is 4.53. The van der Waals surface area contributed by atoms with Crippen molar-refractivity contribution < 1.29 is 17.6 Å². The van der Waals surface area contributed by atoms with E-state index >= 15 is 0 Å². The Bertz CT molecular complexity index is 405. The summed E-state index contributed by atoms with van der Waals surface area (Å²) in [6.07, 6.45) is -1.28. The average Bonchev–Trinajstić information content (AvgIpc) is 2.15. The van der Waals surface area contributed by atoms with Crippen LogP contribution in [0.4, 0.5) is 13.2 Å². The molecule has 0 fully saturated rings. The van der Waals surface area contributed by atoms with E-state index in [0.29, 0.717) is 5.56 Å². The van der Waals surface area contributed by atoms with Crippen molar-refractivity contribution in [1.82, 2.24) is 0 Å². The van der Waals surface area contributed by atoms with E-state index in [1.165, 1.54) is 12.3 Å². The van der Waals surface area contributed by atoms with Gasteiger partial charge in [-0.25, -0.2) is 0 Å². The quantitative estimate of drug-likeness (QED) is 0.573. The molecule has 1 rings (SSSR count). The van der Waals surface area contributed by atoms with Crippen molar-refractivity contribution in [2.45, 2.75) is 25.8 Å². The minimum atomic E-state index is -4.30. The lowest BCUT2D eigenvalue weighted by molar-refractivity contribution is -0.137. The molecule has 0 aliphatic rings. The maximum Gasteiger partial charge on any atom is 0.416 e. The lowest BCUT2D eigenvalue weighted by Gasteiger charge is -2.14. The molecule has 1 nitrogen and oxygen atoms in total. The fraction of sp³-hybridized carbons (Fsp3) is 0.333. The third kappa shape index (κ3) is 5.08. The lowest BCUT2D eigenvalue weighted by Crippen LogP contribution is -2.21. The normalized spacial score (nSPS) is 13.1. The monoisotopic (exact) mass is 260 g/mol. The van der Waals surface area contributed by atoms with Crippen molar-refractivity contribution in [3.8, 4) is 0 Å². The summed E-state index contributed by atoms with van der Waals surface area (Å²) in [5.41, 5.74) is -0.161. The fourth-order valence-corrected chi connectivity index (χ4v) is 1.61. The second kappa shape index (κ2) is 4.95. The highest BCUT2D eigenvalue weighted by Crippen LogP contribution is 2.29. The van der Waals surface area contributed by atoms with Gasteiger partial charge >= 0.3 is 6.18 Å². The minimum Gasteiger partial charge on any atom is -0.550 e. The highest BCUT2D eigenvalue weighted by atomic mass is 28.4. The zero-order valence-corrected chi connectivity index (χ0v) is 11.0. The molecule has 0 bridgehead atoms. The van der Waals surface area contributed by atoms with E-state index in [0.717, 1.165) is 12.1 Å². The maximum absolute atomic E-state index is 12.4. The molecule has 0 saturated carbocycles. The van der Waals surface area contributed by atoms with Crippen LogP contribution in [-0.2, 0) is 10.6 Å². The second-order valence-electron chi connectivity index (χ2n) is 4.66. The Balaban J connectivity index is 2.80. The van der Waals surface area contributed by atoms with Crippen molar-refractivity contribution in [3.63, 3.8) is 0 Å². The molecule has 17 heavy (non-hydrogen) atoms. The molecule has 0 radical (unpaired) electrons. The summed E-state index contributed by atoms with van der Waals surface area (Å²) in [6.45, 7) is 6.01. The second-order valence-corrected chi connectivity index (χ2v) is 9.12. The predicted molar refractivity (Wildman–Crippen MR) is 64.9 cm³/mol. The van der Waals surface area contributed by atoms with Gasteiger partial charge in [-0.15, -0.1) is 0 Å². The van der Waals surface area contributed by atoms with E-state index in [-0.39, 0.29) is 0 Å². The van der Waals surface area contributed by atoms with E-state index in [1.54, 1.807) is 12.1 Å². The number of rotatable bonds is 3. The summed E-state index contributed by atoms with van der Waals surface area (Å²) in [4.78, 5) is 0. The summed E-state index contributed by atoms with van der Waals surface area (Å²) in [5, 5.41) is 0.